The van der Waals surface area contributed by atoms with Gasteiger partial charge in [-0.1, -0.05) is 54.6 Å². The lowest BCUT2D eigenvalue weighted by Gasteiger charge is -2.24. The van der Waals surface area contributed by atoms with Crippen molar-refractivity contribution in [3.05, 3.63) is 77.9 Å². The van der Waals surface area contributed by atoms with Crippen molar-refractivity contribution in [3.63, 3.8) is 0 Å². The van der Waals surface area contributed by atoms with Gasteiger partial charge >= 0.3 is 0 Å². The molecule has 3 nitrogen and oxygen atoms in total. The van der Waals surface area contributed by atoms with Crippen molar-refractivity contribution in [1.29, 1.82) is 0 Å². The molecule has 2 aromatic carbocycles. The van der Waals surface area contributed by atoms with Gasteiger partial charge in [-0.05, 0) is 24.6 Å². The van der Waals surface area contributed by atoms with E-state index in [4.69, 9.17) is 0 Å². The highest BCUT2D eigenvalue weighted by atomic mass is 16.2. The maximum atomic E-state index is 12.7. The van der Waals surface area contributed by atoms with Crippen LogP contribution in [0.15, 0.2) is 61.2 Å². The Balaban J connectivity index is 2.29. The number of carbonyl (C=O) groups is 2. The van der Waals surface area contributed by atoms with E-state index in [2.05, 4.69) is 6.58 Å². The lowest BCUT2D eigenvalue weighted by molar-refractivity contribution is -0.107. The number of nitrogens with zero attached hydrogens (tertiary/aromatic N) is 1. The average molecular weight is 293 g/mol. The summed E-state index contributed by atoms with van der Waals surface area (Å²) in [5, 5.41) is 0. The largest absolute Gasteiger partial charge is 0.308 e. The number of hydrogen-bond donors (Lipinski definition) is 0. The maximum absolute atomic E-state index is 12.7. The summed E-state index contributed by atoms with van der Waals surface area (Å²) in [5.74, 6) is -0.145. The molecule has 112 valence electrons. The van der Waals surface area contributed by atoms with Crippen molar-refractivity contribution in [2.24, 2.45) is 0 Å². The first-order chi connectivity index (χ1) is 10.6. The molecule has 0 aromatic heterocycles. The molecule has 1 amide bonds. The zero-order valence-electron chi connectivity index (χ0n) is 12.7. The van der Waals surface area contributed by atoms with Crippen LogP contribution in [-0.2, 0) is 4.79 Å². The van der Waals surface area contributed by atoms with Crippen molar-refractivity contribution < 1.29 is 9.59 Å². The summed E-state index contributed by atoms with van der Waals surface area (Å²) in [4.78, 5) is 25.0. The summed E-state index contributed by atoms with van der Waals surface area (Å²) in [6.45, 7) is 6.37. The minimum Gasteiger partial charge on any atom is -0.308 e. The molecule has 0 unspecified atom stereocenters. The molecule has 0 bridgehead atoms. The molecule has 0 aliphatic carbocycles. The Bertz CT molecular complexity index is 660. The number of hydrogen-bond acceptors (Lipinski definition) is 2. The van der Waals surface area contributed by atoms with Crippen LogP contribution in [0.3, 0.4) is 0 Å². The minimum atomic E-state index is -0.145. The number of amides is 1. The normalized spacial score (nSPS) is 10.0. The van der Waals surface area contributed by atoms with Gasteiger partial charge in [0.05, 0.1) is 0 Å². The highest BCUT2D eigenvalue weighted by Crippen LogP contribution is 2.20. The lowest BCUT2D eigenvalue weighted by Crippen LogP contribution is -2.30. The topological polar surface area (TPSA) is 37.4 Å². The molecule has 0 aliphatic heterocycles. The third-order valence-electron chi connectivity index (χ3n) is 3.45. The Labute approximate surface area is 130 Å². The molecule has 0 fully saturated rings. The van der Waals surface area contributed by atoms with E-state index in [1.54, 1.807) is 17.0 Å². The van der Waals surface area contributed by atoms with Crippen molar-refractivity contribution in [2.45, 2.75) is 13.3 Å². The fourth-order valence-corrected chi connectivity index (χ4v) is 2.18. The van der Waals surface area contributed by atoms with Gasteiger partial charge in [-0.15, -0.1) is 0 Å². The van der Waals surface area contributed by atoms with E-state index in [9.17, 15) is 9.59 Å². The van der Waals surface area contributed by atoms with Gasteiger partial charge in [-0.3, -0.25) is 4.79 Å². The molecule has 0 saturated heterocycles. The van der Waals surface area contributed by atoms with Crippen molar-refractivity contribution in [3.8, 4) is 0 Å². The zero-order valence-corrected chi connectivity index (χ0v) is 12.7. The summed E-state index contributed by atoms with van der Waals surface area (Å²) in [6.07, 6.45) is 1.09. The van der Waals surface area contributed by atoms with Crippen LogP contribution in [0.5, 0.6) is 0 Å². The highest BCUT2D eigenvalue weighted by Gasteiger charge is 2.19. The van der Waals surface area contributed by atoms with E-state index in [1.807, 2.05) is 49.4 Å². The van der Waals surface area contributed by atoms with Crippen LogP contribution < -0.4 is 0 Å². The maximum Gasteiger partial charge on any atom is 0.258 e. The Morgan fingerprint density at radius 1 is 1.05 bits per heavy atom. The van der Waals surface area contributed by atoms with Crippen molar-refractivity contribution in [2.75, 3.05) is 6.54 Å². The van der Waals surface area contributed by atoms with Crippen LogP contribution in [-0.4, -0.2) is 23.6 Å². The zero-order chi connectivity index (χ0) is 15.9. The Hall–Kier alpha value is -2.68. The van der Waals surface area contributed by atoms with Crippen molar-refractivity contribution >= 4 is 17.9 Å². The molecule has 0 N–H and O–H groups in total. The monoisotopic (exact) mass is 293 g/mol. The molecule has 0 spiro atoms. The molecule has 0 saturated carbocycles. The SMILES string of the molecule is C=C(c1ccc(C)cc1)N(CCC=O)C(=O)c1ccccc1. The van der Waals surface area contributed by atoms with Gasteiger partial charge in [0.15, 0.2) is 0 Å². The Morgan fingerprint density at radius 3 is 2.27 bits per heavy atom. The predicted octanol–water partition coefficient (Wildman–Crippen LogP) is 3.70. The second-order valence-electron chi connectivity index (χ2n) is 5.09. The van der Waals surface area contributed by atoms with Gasteiger partial charge in [0.25, 0.3) is 5.91 Å². The molecule has 2 rings (SSSR count). The fourth-order valence-electron chi connectivity index (χ4n) is 2.18. The fraction of sp³-hybridized carbons (Fsp3) is 0.158. The predicted molar refractivity (Wildman–Crippen MR) is 88.4 cm³/mol. The van der Waals surface area contributed by atoms with Gasteiger partial charge in [0.1, 0.15) is 6.29 Å². The van der Waals surface area contributed by atoms with Crippen molar-refractivity contribution in [1.82, 2.24) is 4.90 Å². The first kappa shape index (κ1) is 15.7. The van der Waals surface area contributed by atoms with E-state index in [1.165, 1.54) is 0 Å². The molecule has 2 aromatic rings. The molecular weight excluding hydrogens is 274 g/mol. The van der Waals surface area contributed by atoms with E-state index in [0.29, 0.717) is 17.8 Å². The van der Waals surface area contributed by atoms with Crippen LogP contribution in [0, 0.1) is 6.92 Å². The van der Waals surface area contributed by atoms with E-state index in [-0.39, 0.29) is 12.3 Å². The second-order valence-corrected chi connectivity index (χ2v) is 5.09. The van der Waals surface area contributed by atoms with Crippen LogP contribution in [0.2, 0.25) is 0 Å². The molecule has 0 heterocycles. The minimum absolute atomic E-state index is 0.145. The highest BCUT2D eigenvalue weighted by molar-refractivity contribution is 5.99. The second kappa shape index (κ2) is 7.36. The number of aldehydes is 1. The van der Waals surface area contributed by atoms with E-state index >= 15 is 0 Å². The molecule has 0 atom stereocenters. The van der Waals surface area contributed by atoms with Gasteiger partial charge in [0.2, 0.25) is 0 Å². The summed E-state index contributed by atoms with van der Waals surface area (Å²) in [7, 11) is 0. The number of rotatable bonds is 6. The molecule has 0 radical (unpaired) electrons. The Kier molecular flexibility index (Phi) is 5.26. The number of benzene rings is 2. The van der Waals surface area contributed by atoms with Gasteiger partial charge in [-0.25, -0.2) is 0 Å². The molecular formula is C19H19NO2. The average Bonchev–Trinajstić information content (AvgIpc) is 2.56. The quantitative estimate of drug-likeness (QED) is 0.762. The first-order valence-corrected chi connectivity index (χ1v) is 7.20. The molecule has 22 heavy (non-hydrogen) atoms. The Morgan fingerprint density at radius 2 is 1.68 bits per heavy atom. The summed E-state index contributed by atoms with van der Waals surface area (Å²) in [6, 6.07) is 16.8. The first-order valence-electron chi connectivity index (χ1n) is 7.20. The number of carbonyl (C=O) groups excluding carboxylic acids is 2. The third kappa shape index (κ3) is 3.70. The van der Waals surface area contributed by atoms with Crippen LogP contribution in [0.25, 0.3) is 5.70 Å². The van der Waals surface area contributed by atoms with Crippen LogP contribution in [0.4, 0.5) is 0 Å². The van der Waals surface area contributed by atoms with Gasteiger partial charge in [-0.2, -0.15) is 0 Å². The third-order valence-corrected chi connectivity index (χ3v) is 3.45. The summed E-state index contributed by atoms with van der Waals surface area (Å²) in [5.41, 5.74) is 3.21. The smallest absolute Gasteiger partial charge is 0.258 e. The summed E-state index contributed by atoms with van der Waals surface area (Å²) < 4.78 is 0. The van der Waals surface area contributed by atoms with Gasteiger partial charge in [0, 0.05) is 24.2 Å². The van der Waals surface area contributed by atoms with Crippen LogP contribution >= 0.6 is 0 Å². The molecule has 3 heteroatoms. The van der Waals surface area contributed by atoms with Gasteiger partial charge < -0.3 is 9.69 Å². The van der Waals surface area contributed by atoms with E-state index in [0.717, 1.165) is 17.4 Å². The van der Waals surface area contributed by atoms with E-state index < -0.39 is 0 Å². The number of aryl methyl sites for hydroxylation is 1. The molecule has 0 aliphatic rings. The van der Waals surface area contributed by atoms with Crippen LogP contribution in [0.1, 0.15) is 27.9 Å². The lowest BCUT2D eigenvalue weighted by atomic mass is 10.1. The standard InChI is InChI=1S/C19H19NO2/c1-15-9-11-17(12-10-15)16(2)20(13-6-14-21)19(22)18-7-4-3-5-8-18/h3-5,7-12,14H,2,6,13H2,1H3. The summed E-state index contributed by atoms with van der Waals surface area (Å²) >= 11 is 0.